The number of hydrogen-bond donors (Lipinski definition) is 2. The minimum Gasteiger partial charge on any atom is -0.465 e. The first-order valence-electron chi connectivity index (χ1n) is 10.3. The number of nitrogens with two attached hydrogens (primary N) is 1. The first-order valence-corrected chi connectivity index (χ1v) is 10.3. The van der Waals surface area contributed by atoms with Crippen molar-refractivity contribution in [1.29, 1.82) is 5.26 Å². The van der Waals surface area contributed by atoms with Crippen LogP contribution in [0.4, 0.5) is 0 Å². The number of hydrogen-bond acceptors (Lipinski definition) is 8. The molecule has 0 radical (unpaired) electrons. The van der Waals surface area contributed by atoms with Gasteiger partial charge < -0.3 is 10.5 Å². The summed E-state index contributed by atoms with van der Waals surface area (Å²) in [5.74, 6) is -1.71. The van der Waals surface area contributed by atoms with Crippen LogP contribution in [0.1, 0.15) is 51.5 Å². The number of methoxy groups -OCH3 is 1. The average molecular weight is 443 g/mol. The lowest BCUT2D eigenvalue weighted by atomic mass is 9.76. The van der Waals surface area contributed by atoms with E-state index in [2.05, 4.69) is 16.5 Å². The number of ether oxygens (including phenoxy) is 1. The van der Waals surface area contributed by atoms with E-state index in [4.69, 9.17) is 10.5 Å². The van der Waals surface area contributed by atoms with Crippen molar-refractivity contribution in [3.63, 3.8) is 0 Å². The molecule has 1 aliphatic heterocycles. The number of ketones is 1. The molecule has 0 saturated heterocycles. The lowest BCUT2D eigenvalue weighted by molar-refractivity contribution is -0.116. The van der Waals surface area contributed by atoms with Crippen molar-refractivity contribution in [1.82, 2.24) is 15.4 Å². The molecule has 2 heterocycles. The number of nitrogens with zero attached hydrogens (tertiary/aromatic N) is 3. The smallest absolute Gasteiger partial charge is 0.337 e. The van der Waals surface area contributed by atoms with Crippen LogP contribution in [0.2, 0.25) is 0 Å². The molecule has 9 heteroatoms. The number of hydrazine groups is 1. The molecule has 0 bridgehead atoms. The third-order valence-corrected chi connectivity index (χ3v) is 5.72. The molecule has 0 fully saturated rings. The molecule has 0 spiro atoms. The molecule has 1 amide bonds. The molecule has 9 nitrogen and oxygen atoms in total. The lowest BCUT2D eigenvalue weighted by Gasteiger charge is -2.39. The van der Waals surface area contributed by atoms with Crippen LogP contribution in [0, 0.1) is 11.3 Å². The van der Waals surface area contributed by atoms with E-state index in [0.29, 0.717) is 47.2 Å². The van der Waals surface area contributed by atoms with E-state index in [1.54, 1.807) is 42.6 Å². The van der Waals surface area contributed by atoms with Crippen LogP contribution in [0.5, 0.6) is 0 Å². The first-order chi connectivity index (χ1) is 16.0. The van der Waals surface area contributed by atoms with Crippen molar-refractivity contribution in [2.75, 3.05) is 7.11 Å². The number of rotatable bonds is 4. The van der Waals surface area contributed by atoms with Crippen molar-refractivity contribution < 1.29 is 19.1 Å². The van der Waals surface area contributed by atoms with E-state index in [9.17, 15) is 19.6 Å². The Morgan fingerprint density at radius 1 is 1.21 bits per heavy atom. The highest BCUT2D eigenvalue weighted by Gasteiger charge is 2.40. The summed E-state index contributed by atoms with van der Waals surface area (Å²) in [6.45, 7) is 0. The fourth-order valence-corrected chi connectivity index (χ4v) is 4.14. The van der Waals surface area contributed by atoms with E-state index >= 15 is 0 Å². The summed E-state index contributed by atoms with van der Waals surface area (Å²) < 4.78 is 4.74. The van der Waals surface area contributed by atoms with Crippen LogP contribution in [-0.2, 0) is 9.53 Å². The number of benzene rings is 1. The maximum Gasteiger partial charge on any atom is 0.337 e. The van der Waals surface area contributed by atoms with Crippen molar-refractivity contribution in [2.24, 2.45) is 5.73 Å². The van der Waals surface area contributed by atoms with Gasteiger partial charge in [0.05, 0.1) is 35.8 Å². The van der Waals surface area contributed by atoms with Crippen LogP contribution >= 0.6 is 0 Å². The summed E-state index contributed by atoms with van der Waals surface area (Å²) in [4.78, 5) is 41.6. The Morgan fingerprint density at radius 3 is 2.61 bits per heavy atom. The fourth-order valence-electron chi connectivity index (χ4n) is 4.14. The van der Waals surface area contributed by atoms with E-state index in [-0.39, 0.29) is 17.2 Å². The minimum absolute atomic E-state index is 0.0465. The summed E-state index contributed by atoms with van der Waals surface area (Å²) in [6, 6.07) is 11.9. The number of pyridine rings is 1. The second kappa shape index (κ2) is 8.96. The van der Waals surface area contributed by atoms with Crippen LogP contribution in [0.3, 0.4) is 0 Å². The zero-order valence-corrected chi connectivity index (χ0v) is 17.9. The molecule has 2 aliphatic rings. The van der Waals surface area contributed by atoms with Crippen LogP contribution in [0.15, 0.2) is 71.5 Å². The molecular weight excluding hydrogens is 422 g/mol. The number of carbonyl (C=O) groups excluding carboxylic acids is 3. The third kappa shape index (κ3) is 3.94. The summed E-state index contributed by atoms with van der Waals surface area (Å²) in [5.41, 5.74) is 11.5. The topological polar surface area (TPSA) is 138 Å². The number of nitrogens with one attached hydrogen (secondary N) is 1. The van der Waals surface area contributed by atoms with Crippen LogP contribution in [-0.4, -0.2) is 34.8 Å². The number of esters is 1. The van der Waals surface area contributed by atoms with Gasteiger partial charge in [0.2, 0.25) is 0 Å². The lowest BCUT2D eigenvalue weighted by Crippen LogP contribution is -2.48. The number of aromatic nitrogens is 1. The van der Waals surface area contributed by atoms with Crippen LogP contribution in [0.25, 0.3) is 0 Å². The van der Waals surface area contributed by atoms with Crippen molar-refractivity contribution in [3.8, 4) is 6.07 Å². The quantitative estimate of drug-likeness (QED) is 0.687. The van der Waals surface area contributed by atoms with Gasteiger partial charge in [0.25, 0.3) is 5.91 Å². The highest BCUT2D eigenvalue weighted by Crippen LogP contribution is 2.44. The molecule has 1 aromatic heterocycles. The standard InChI is InChI=1S/C24H21N5O4/c1-33-24(32)15-9-7-14(8-10-15)20-17(12-25)22(26)29(18-5-2-6-19(30)21(18)20)28-23(31)16-4-3-11-27-13-16/h3-4,7-11,13,20H,2,5-6,26H2,1H3,(H,28,31). The monoisotopic (exact) mass is 443 g/mol. The van der Waals surface area contributed by atoms with Gasteiger partial charge in [-0.2, -0.15) is 5.26 Å². The SMILES string of the molecule is COC(=O)c1ccc(C2C(C#N)=C(N)N(NC(=O)c3cccnc3)C3=C2C(=O)CCC3)cc1. The molecule has 2 aromatic rings. The number of amides is 1. The van der Waals surface area contributed by atoms with Crippen molar-refractivity contribution in [2.45, 2.75) is 25.2 Å². The molecular formula is C24H21N5O4. The van der Waals surface area contributed by atoms with Crippen LogP contribution < -0.4 is 11.2 Å². The largest absolute Gasteiger partial charge is 0.465 e. The summed E-state index contributed by atoms with van der Waals surface area (Å²) >= 11 is 0. The van der Waals surface area contributed by atoms with Gasteiger partial charge in [-0.3, -0.25) is 20.0 Å². The average Bonchev–Trinajstić information content (AvgIpc) is 2.85. The maximum atomic E-state index is 13.0. The predicted octanol–water partition coefficient (Wildman–Crippen LogP) is 2.31. The molecule has 4 rings (SSSR count). The highest BCUT2D eigenvalue weighted by atomic mass is 16.5. The van der Waals surface area contributed by atoms with E-state index in [0.717, 1.165) is 0 Å². The van der Waals surface area contributed by atoms with Gasteiger partial charge >= 0.3 is 5.97 Å². The van der Waals surface area contributed by atoms with Gasteiger partial charge in [0, 0.05) is 30.1 Å². The highest BCUT2D eigenvalue weighted by molar-refractivity contribution is 6.00. The number of nitriles is 1. The molecule has 1 aliphatic carbocycles. The normalized spacial score (nSPS) is 17.9. The van der Waals surface area contributed by atoms with Gasteiger partial charge in [0.1, 0.15) is 5.82 Å². The molecule has 0 saturated carbocycles. The molecule has 166 valence electrons. The van der Waals surface area contributed by atoms with Crippen molar-refractivity contribution in [3.05, 3.63) is 88.1 Å². The maximum absolute atomic E-state index is 13.0. The van der Waals surface area contributed by atoms with Gasteiger partial charge in [-0.1, -0.05) is 12.1 Å². The first kappa shape index (κ1) is 21.8. The molecule has 3 N–H and O–H groups in total. The Morgan fingerprint density at radius 2 is 1.97 bits per heavy atom. The second-order valence-corrected chi connectivity index (χ2v) is 7.61. The molecule has 1 aromatic carbocycles. The van der Waals surface area contributed by atoms with Gasteiger partial charge in [-0.05, 0) is 42.7 Å². The van der Waals surface area contributed by atoms with E-state index in [1.807, 2.05) is 0 Å². The minimum atomic E-state index is -0.698. The van der Waals surface area contributed by atoms with Gasteiger partial charge in [-0.15, -0.1) is 0 Å². The van der Waals surface area contributed by atoms with Gasteiger partial charge in [-0.25, -0.2) is 9.80 Å². The number of Topliss-reactive ketones (excluding diaryl/α,β-unsaturated/α-hetero) is 1. The third-order valence-electron chi connectivity index (χ3n) is 5.72. The zero-order valence-electron chi connectivity index (χ0n) is 17.9. The Balaban J connectivity index is 1.78. The summed E-state index contributed by atoms with van der Waals surface area (Å²) in [6.07, 6.45) is 4.40. The van der Waals surface area contributed by atoms with E-state index in [1.165, 1.54) is 18.3 Å². The Labute approximate surface area is 190 Å². The second-order valence-electron chi connectivity index (χ2n) is 7.61. The fraction of sp³-hybridized carbons (Fsp3) is 0.208. The Kier molecular flexibility index (Phi) is 5.91. The van der Waals surface area contributed by atoms with Crippen molar-refractivity contribution >= 4 is 17.7 Å². The number of carbonyl (C=O) groups is 3. The summed E-state index contributed by atoms with van der Waals surface area (Å²) in [5, 5.41) is 11.3. The van der Waals surface area contributed by atoms with Gasteiger partial charge in [0.15, 0.2) is 5.78 Å². The predicted molar refractivity (Wildman–Crippen MR) is 117 cm³/mol. The van der Waals surface area contributed by atoms with E-state index < -0.39 is 17.8 Å². The summed E-state index contributed by atoms with van der Waals surface area (Å²) in [7, 11) is 1.29. The Bertz CT molecular complexity index is 1230. The molecule has 1 atom stereocenters. The molecule has 1 unspecified atom stereocenters. The molecule has 33 heavy (non-hydrogen) atoms. The number of allylic oxidation sites excluding steroid dienone is 3. The Hall–Kier alpha value is -4.45. The zero-order chi connectivity index (χ0) is 23.5.